The molecule has 1 rings (SSSR count). The lowest BCUT2D eigenvalue weighted by atomic mass is 10.4. The van der Waals surface area contributed by atoms with Crippen molar-refractivity contribution in [2.45, 2.75) is 20.3 Å². The van der Waals surface area contributed by atoms with Gasteiger partial charge in [0.05, 0.1) is 5.01 Å². The molecule has 0 atom stereocenters. The average molecular weight is 196 g/mol. The van der Waals surface area contributed by atoms with Crippen molar-refractivity contribution in [3.05, 3.63) is 28.4 Å². The van der Waals surface area contributed by atoms with Gasteiger partial charge in [-0.1, -0.05) is 13.5 Å². The fraction of sp³-hybridized carbons (Fsp3) is 0.333. The fourth-order valence-electron chi connectivity index (χ4n) is 0.835. The summed E-state index contributed by atoms with van der Waals surface area (Å²) in [4.78, 5) is 15.5. The van der Waals surface area contributed by atoms with E-state index < -0.39 is 0 Å². The van der Waals surface area contributed by atoms with E-state index in [0.717, 1.165) is 11.4 Å². The number of allylic oxidation sites excluding steroid dienone is 1. The largest absolute Gasteiger partial charge is 0.325 e. The van der Waals surface area contributed by atoms with Crippen molar-refractivity contribution in [2.24, 2.45) is 0 Å². The molecule has 0 saturated carbocycles. The topological polar surface area (TPSA) is 42.0 Å². The maximum absolute atomic E-state index is 11.4. The molecule has 0 fully saturated rings. The van der Waals surface area contributed by atoms with Crippen LogP contribution >= 0.6 is 11.3 Å². The van der Waals surface area contributed by atoms with Crippen LogP contribution in [-0.2, 0) is 6.42 Å². The van der Waals surface area contributed by atoms with Crippen molar-refractivity contribution in [3.63, 3.8) is 0 Å². The number of aryl methyl sites for hydroxylation is 1. The zero-order valence-electron chi connectivity index (χ0n) is 7.76. The maximum atomic E-state index is 11.4. The Hall–Kier alpha value is -1.16. The molecule has 0 saturated heterocycles. The van der Waals surface area contributed by atoms with Crippen LogP contribution in [0, 0.1) is 0 Å². The Kier molecular flexibility index (Phi) is 3.19. The van der Waals surface area contributed by atoms with Gasteiger partial charge in [0.1, 0.15) is 5.69 Å². The van der Waals surface area contributed by atoms with Crippen molar-refractivity contribution in [3.8, 4) is 0 Å². The molecule has 1 heterocycles. The molecule has 0 bridgehead atoms. The molecule has 0 spiro atoms. The molecule has 1 amide bonds. The highest BCUT2D eigenvalue weighted by molar-refractivity contribution is 7.09. The quantitative estimate of drug-likeness (QED) is 0.803. The van der Waals surface area contributed by atoms with E-state index in [9.17, 15) is 4.79 Å². The predicted octanol–water partition coefficient (Wildman–Crippen LogP) is 1.97. The van der Waals surface area contributed by atoms with Gasteiger partial charge < -0.3 is 5.32 Å². The molecule has 0 aliphatic carbocycles. The highest BCUT2D eigenvalue weighted by atomic mass is 32.1. The highest BCUT2D eigenvalue weighted by Gasteiger charge is 2.08. The number of thiazole rings is 1. The molecule has 0 aliphatic rings. The number of rotatable bonds is 3. The number of hydrogen-bond acceptors (Lipinski definition) is 3. The lowest BCUT2D eigenvalue weighted by Gasteiger charge is -1.99. The number of nitrogens with one attached hydrogen (secondary N) is 1. The van der Waals surface area contributed by atoms with Crippen molar-refractivity contribution in [1.29, 1.82) is 0 Å². The molecule has 0 aromatic carbocycles. The van der Waals surface area contributed by atoms with Crippen LogP contribution < -0.4 is 5.32 Å². The van der Waals surface area contributed by atoms with Gasteiger partial charge in [0.2, 0.25) is 0 Å². The first-order chi connectivity index (χ1) is 6.13. The predicted molar refractivity (Wildman–Crippen MR) is 53.8 cm³/mol. The Morgan fingerprint density at radius 1 is 1.77 bits per heavy atom. The summed E-state index contributed by atoms with van der Waals surface area (Å²) in [6, 6.07) is 0. The summed E-state index contributed by atoms with van der Waals surface area (Å²) in [5, 5.41) is 5.35. The van der Waals surface area contributed by atoms with Crippen LogP contribution in [0.2, 0.25) is 0 Å². The van der Waals surface area contributed by atoms with Crippen LogP contribution in [0.15, 0.2) is 17.7 Å². The minimum Gasteiger partial charge on any atom is -0.325 e. The fourth-order valence-corrected chi connectivity index (χ4v) is 1.56. The van der Waals surface area contributed by atoms with Crippen LogP contribution in [0.25, 0.3) is 0 Å². The minimum absolute atomic E-state index is 0.177. The first-order valence-electron chi connectivity index (χ1n) is 4.04. The third-order valence-electron chi connectivity index (χ3n) is 1.41. The molecule has 70 valence electrons. The first kappa shape index (κ1) is 9.92. The SMILES string of the molecule is C=C(C)NC(=O)c1csc(CC)n1. The van der Waals surface area contributed by atoms with Gasteiger partial charge in [-0.2, -0.15) is 0 Å². The molecule has 3 nitrogen and oxygen atoms in total. The highest BCUT2D eigenvalue weighted by Crippen LogP contribution is 2.09. The average Bonchev–Trinajstić information content (AvgIpc) is 2.50. The van der Waals surface area contributed by atoms with Crippen LogP contribution in [0.5, 0.6) is 0 Å². The summed E-state index contributed by atoms with van der Waals surface area (Å²) in [7, 11) is 0. The van der Waals surface area contributed by atoms with E-state index in [-0.39, 0.29) is 5.91 Å². The summed E-state index contributed by atoms with van der Waals surface area (Å²) in [6.45, 7) is 7.35. The number of amides is 1. The maximum Gasteiger partial charge on any atom is 0.274 e. The Bertz CT molecular complexity index is 330. The van der Waals surface area contributed by atoms with E-state index in [1.165, 1.54) is 11.3 Å². The molecule has 0 unspecified atom stereocenters. The van der Waals surface area contributed by atoms with Crippen molar-refractivity contribution in [1.82, 2.24) is 10.3 Å². The van der Waals surface area contributed by atoms with Crippen molar-refractivity contribution >= 4 is 17.2 Å². The zero-order chi connectivity index (χ0) is 9.84. The van der Waals surface area contributed by atoms with Crippen LogP contribution in [0.1, 0.15) is 29.3 Å². The van der Waals surface area contributed by atoms with Gasteiger partial charge in [0.15, 0.2) is 0 Å². The number of carbonyl (C=O) groups is 1. The molecule has 0 radical (unpaired) electrons. The molecule has 13 heavy (non-hydrogen) atoms. The Morgan fingerprint density at radius 3 is 2.92 bits per heavy atom. The second kappa shape index (κ2) is 4.18. The summed E-state index contributed by atoms with van der Waals surface area (Å²) in [5.74, 6) is -0.177. The van der Waals surface area contributed by atoms with E-state index in [0.29, 0.717) is 11.4 Å². The van der Waals surface area contributed by atoms with Crippen molar-refractivity contribution in [2.75, 3.05) is 0 Å². The molecular formula is C9H12N2OS. The van der Waals surface area contributed by atoms with E-state index in [2.05, 4.69) is 16.9 Å². The van der Waals surface area contributed by atoms with Crippen LogP contribution in [-0.4, -0.2) is 10.9 Å². The Balaban J connectivity index is 2.71. The third-order valence-corrected chi connectivity index (χ3v) is 2.41. The van der Waals surface area contributed by atoms with Crippen LogP contribution in [0.3, 0.4) is 0 Å². The number of nitrogens with zero attached hydrogens (tertiary/aromatic N) is 1. The molecule has 4 heteroatoms. The normalized spacial score (nSPS) is 9.69. The monoisotopic (exact) mass is 196 g/mol. The molecule has 1 aromatic heterocycles. The van der Waals surface area contributed by atoms with Gasteiger partial charge in [-0.05, 0) is 13.3 Å². The second-order valence-electron chi connectivity index (χ2n) is 2.71. The van der Waals surface area contributed by atoms with E-state index >= 15 is 0 Å². The third kappa shape index (κ3) is 2.66. The first-order valence-corrected chi connectivity index (χ1v) is 4.92. The van der Waals surface area contributed by atoms with Gasteiger partial charge >= 0.3 is 0 Å². The van der Waals surface area contributed by atoms with Crippen molar-refractivity contribution < 1.29 is 4.79 Å². The summed E-state index contributed by atoms with van der Waals surface area (Å²) < 4.78 is 0. The standard InChI is InChI=1S/C9H12N2OS/c1-4-8-11-7(5-13-8)9(12)10-6(2)3/h5H,2,4H2,1,3H3,(H,10,12). The molecule has 1 N–H and O–H groups in total. The smallest absolute Gasteiger partial charge is 0.274 e. The molecular weight excluding hydrogens is 184 g/mol. The van der Waals surface area contributed by atoms with Gasteiger partial charge in [-0.15, -0.1) is 11.3 Å². The van der Waals surface area contributed by atoms with Gasteiger partial charge in [-0.25, -0.2) is 4.98 Å². The van der Waals surface area contributed by atoms with Gasteiger partial charge in [0, 0.05) is 11.1 Å². The van der Waals surface area contributed by atoms with Crippen LogP contribution in [0.4, 0.5) is 0 Å². The summed E-state index contributed by atoms with van der Waals surface area (Å²) in [6.07, 6.45) is 0.866. The summed E-state index contributed by atoms with van der Waals surface area (Å²) >= 11 is 1.50. The zero-order valence-corrected chi connectivity index (χ0v) is 8.57. The van der Waals surface area contributed by atoms with Gasteiger partial charge in [0.25, 0.3) is 5.91 Å². The van der Waals surface area contributed by atoms with E-state index in [4.69, 9.17) is 0 Å². The Morgan fingerprint density at radius 2 is 2.46 bits per heavy atom. The number of carbonyl (C=O) groups excluding carboxylic acids is 1. The number of hydrogen-bond donors (Lipinski definition) is 1. The van der Waals surface area contributed by atoms with E-state index in [1.807, 2.05) is 6.92 Å². The summed E-state index contributed by atoms with van der Waals surface area (Å²) in [5.41, 5.74) is 1.11. The lowest BCUT2D eigenvalue weighted by Crippen LogP contribution is -2.20. The molecule has 1 aromatic rings. The molecule has 0 aliphatic heterocycles. The number of aromatic nitrogens is 1. The Labute approximate surface area is 81.5 Å². The van der Waals surface area contributed by atoms with Gasteiger partial charge in [-0.3, -0.25) is 4.79 Å². The minimum atomic E-state index is -0.177. The lowest BCUT2D eigenvalue weighted by molar-refractivity contribution is 0.0962. The second-order valence-corrected chi connectivity index (χ2v) is 3.66. The van der Waals surface area contributed by atoms with E-state index in [1.54, 1.807) is 12.3 Å².